The number of nitrogens with one attached hydrogen (secondary N) is 4. The highest BCUT2D eigenvalue weighted by Crippen LogP contribution is 2.26. The van der Waals surface area contributed by atoms with Gasteiger partial charge in [-0.3, -0.25) is 9.89 Å². The Labute approximate surface area is 215 Å². The third-order valence-corrected chi connectivity index (χ3v) is 6.02. The van der Waals surface area contributed by atoms with Crippen molar-refractivity contribution in [2.24, 2.45) is 0 Å². The number of amides is 1. The lowest BCUT2D eigenvalue weighted by Crippen LogP contribution is -2.39. The summed E-state index contributed by atoms with van der Waals surface area (Å²) in [6.45, 7) is 8.06. The summed E-state index contributed by atoms with van der Waals surface area (Å²) < 4.78 is 19.2. The van der Waals surface area contributed by atoms with Crippen LogP contribution < -0.4 is 20.7 Å². The molecule has 0 saturated carbocycles. The summed E-state index contributed by atoms with van der Waals surface area (Å²) >= 11 is 0. The molecule has 4 rings (SSSR count). The molecule has 9 nitrogen and oxygen atoms in total. The zero-order chi connectivity index (χ0) is 26.3. The van der Waals surface area contributed by atoms with Gasteiger partial charge < -0.3 is 20.7 Å². The number of nitrogens with zero attached hydrogens (tertiary/aromatic N) is 3. The van der Waals surface area contributed by atoms with Crippen LogP contribution in [-0.2, 0) is 11.2 Å². The number of fused-ring (bicyclic) bond motifs is 1. The van der Waals surface area contributed by atoms with E-state index in [4.69, 9.17) is 4.74 Å². The molecule has 194 valence electrons. The maximum absolute atomic E-state index is 13.3. The van der Waals surface area contributed by atoms with Gasteiger partial charge in [-0.1, -0.05) is 13.0 Å². The number of halogens is 1. The molecule has 2 aromatic carbocycles. The van der Waals surface area contributed by atoms with Gasteiger partial charge in [0, 0.05) is 34.4 Å². The van der Waals surface area contributed by atoms with Crippen molar-refractivity contribution >= 4 is 34.1 Å². The van der Waals surface area contributed by atoms with E-state index in [2.05, 4.69) is 56.9 Å². The van der Waals surface area contributed by atoms with Crippen molar-refractivity contribution in [2.45, 2.75) is 45.6 Å². The molecule has 0 fully saturated rings. The SMILES string of the molecule is CCC(C)(C)NCCCOc1ccc2c(Nc3cc(CC(=O)Nc4cccc(F)c4)[nH]n3)ncnc2c1. The minimum Gasteiger partial charge on any atom is -0.493 e. The number of aromatic nitrogens is 4. The maximum atomic E-state index is 13.3. The van der Waals surface area contributed by atoms with Gasteiger partial charge >= 0.3 is 0 Å². The number of anilines is 3. The molecule has 37 heavy (non-hydrogen) atoms. The predicted molar refractivity (Wildman–Crippen MR) is 143 cm³/mol. The van der Waals surface area contributed by atoms with Gasteiger partial charge in [0.25, 0.3) is 0 Å². The van der Waals surface area contributed by atoms with Crippen molar-refractivity contribution < 1.29 is 13.9 Å². The molecule has 2 heterocycles. The van der Waals surface area contributed by atoms with Crippen LogP contribution in [0, 0.1) is 5.82 Å². The van der Waals surface area contributed by atoms with Crippen LogP contribution in [0.15, 0.2) is 54.9 Å². The first-order valence-corrected chi connectivity index (χ1v) is 12.3. The molecule has 4 N–H and O–H groups in total. The molecule has 1 amide bonds. The van der Waals surface area contributed by atoms with Crippen molar-refractivity contribution in [3.8, 4) is 5.75 Å². The monoisotopic (exact) mass is 505 g/mol. The van der Waals surface area contributed by atoms with E-state index < -0.39 is 5.82 Å². The number of carbonyl (C=O) groups excluding carboxylic acids is 1. The number of hydrogen-bond donors (Lipinski definition) is 4. The van der Waals surface area contributed by atoms with Crippen LogP contribution in [-0.4, -0.2) is 44.8 Å². The van der Waals surface area contributed by atoms with Crippen LogP contribution in [0.4, 0.5) is 21.7 Å². The minimum absolute atomic E-state index is 0.0574. The Kier molecular flexibility index (Phi) is 8.29. The third kappa shape index (κ3) is 7.47. The second-order valence-electron chi connectivity index (χ2n) is 9.41. The quantitative estimate of drug-likeness (QED) is 0.201. The van der Waals surface area contributed by atoms with Crippen LogP contribution in [0.3, 0.4) is 0 Å². The third-order valence-electron chi connectivity index (χ3n) is 6.02. The molecule has 0 radical (unpaired) electrons. The predicted octanol–water partition coefficient (Wildman–Crippen LogP) is 4.96. The molecular weight excluding hydrogens is 473 g/mol. The molecule has 0 aliphatic rings. The van der Waals surface area contributed by atoms with Gasteiger partial charge in [-0.25, -0.2) is 14.4 Å². The van der Waals surface area contributed by atoms with Gasteiger partial charge in [0.05, 0.1) is 18.5 Å². The van der Waals surface area contributed by atoms with E-state index in [-0.39, 0.29) is 17.9 Å². The fourth-order valence-corrected chi connectivity index (χ4v) is 3.62. The lowest BCUT2D eigenvalue weighted by Gasteiger charge is -2.24. The topological polar surface area (TPSA) is 117 Å². The van der Waals surface area contributed by atoms with E-state index in [1.54, 1.807) is 12.1 Å². The van der Waals surface area contributed by atoms with Gasteiger partial charge in [-0.05, 0) is 63.6 Å². The van der Waals surface area contributed by atoms with Crippen molar-refractivity contribution in [3.05, 3.63) is 66.4 Å². The van der Waals surface area contributed by atoms with Crippen LogP contribution >= 0.6 is 0 Å². The minimum atomic E-state index is -0.412. The fourth-order valence-electron chi connectivity index (χ4n) is 3.62. The second-order valence-corrected chi connectivity index (χ2v) is 9.41. The first kappa shape index (κ1) is 26.0. The molecule has 4 aromatic rings. The second kappa shape index (κ2) is 11.8. The number of ether oxygens (including phenoxy) is 1. The molecule has 0 unspecified atom stereocenters. The van der Waals surface area contributed by atoms with E-state index in [1.807, 2.05) is 18.2 Å². The van der Waals surface area contributed by atoms with Gasteiger partial charge in [-0.15, -0.1) is 0 Å². The molecule has 0 aliphatic heterocycles. The Morgan fingerprint density at radius 1 is 1.14 bits per heavy atom. The Bertz CT molecular complexity index is 1360. The number of rotatable bonds is 12. The van der Waals surface area contributed by atoms with E-state index in [9.17, 15) is 9.18 Å². The number of benzene rings is 2. The number of H-pyrrole nitrogens is 1. The Morgan fingerprint density at radius 2 is 2.00 bits per heavy atom. The zero-order valence-corrected chi connectivity index (χ0v) is 21.3. The van der Waals surface area contributed by atoms with Crippen LogP contribution in [0.1, 0.15) is 39.3 Å². The average Bonchev–Trinajstić information content (AvgIpc) is 3.30. The lowest BCUT2D eigenvalue weighted by molar-refractivity contribution is -0.115. The van der Waals surface area contributed by atoms with Crippen LogP contribution in [0.25, 0.3) is 10.9 Å². The van der Waals surface area contributed by atoms with E-state index in [0.717, 1.165) is 36.0 Å². The highest BCUT2D eigenvalue weighted by Gasteiger charge is 2.13. The molecular formula is C27H32FN7O2. The molecule has 0 spiro atoms. The Balaban J connectivity index is 1.33. The highest BCUT2D eigenvalue weighted by molar-refractivity contribution is 5.93. The van der Waals surface area contributed by atoms with Gasteiger partial charge in [-0.2, -0.15) is 5.10 Å². The maximum Gasteiger partial charge on any atom is 0.230 e. The normalized spacial score (nSPS) is 11.5. The van der Waals surface area contributed by atoms with Crippen molar-refractivity contribution in [1.82, 2.24) is 25.5 Å². The van der Waals surface area contributed by atoms with Crippen LogP contribution in [0.2, 0.25) is 0 Å². The molecule has 2 aromatic heterocycles. The number of hydrogen-bond acceptors (Lipinski definition) is 7. The van der Waals surface area contributed by atoms with Crippen molar-refractivity contribution in [2.75, 3.05) is 23.8 Å². The van der Waals surface area contributed by atoms with E-state index in [1.165, 1.54) is 24.5 Å². The van der Waals surface area contributed by atoms with Gasteiger partial charge in [0.15, 0.2) is 5.82 Å². The van der Waals surface area contributed by atoms with Crippen molar-refractivity contribution in [3.63, 3.8) is 0 Å². The number of carbonyl (C=O) groups is 1. The summed E-state index contributed by atoms with van der Waals surface area (Å²) in [6.07, 6.45) is 3.51. The summed E-state index contributed by atoms with van der Waals surface area (Å²) in [7, 11) is 0. The smallest absolute Gasteiger partial charge is 0.230 e. The average molecular weight is 506 g/mol. The highest BCUT2D eigenvalue weighted by atomic mass is 19.1. The summed E-state index contributed by atoms with van der Waals surface area (Å²) in [4.78, 5) is 21.0. The lowest BCUT2D eigenvalue weighted by atomic mass is 10.0. The first-order chi connectivity index (χ1) is 17.8. The summed E-state index contributed by atoms with van der Waals surface area (Å²) in [6, 6.07) is 13.2. The van der Waals surface area contributed by atoms with Gasteiger partial charge in [0.1, 0.15) is 23.7 Å². The number of aromatic amines is 1. The van der Waals surface area contributed by atoms with E-state index >= 15 is 0 Å². The first-order valence-electron chi connectivity index (χ1n) is 12.3. The molecule has 0 aliphatic carbocycles. The molecule has 0 atom stereocenters. The Morgan fingerprint density at radius 3 is 2.81 bits per heavy atom. The standard InChI is InChI=1S/C27H32FN7O2/c1-4-27(2,3)31-11-6-12-37-21-9-10-22-23(16-21)29-17-30-26(22)33-24-14-20(34-35-24)15-25(36)32-19-8-5-7-18(28)13-19/h5,7-10,13-14,16-17,31H,4,6,11-12,15H2,1-3H3,(H,32,36)(H2,29,30,33,34,35). The van der Waals surface area contributed by atoms with Crippen LogP contribution in [0.5, 0.6) is 5.75 Å². The largest absolute Gasteiger partial charge is 0.493 e. The molecule has 0 saturated heterocycles. The molecule has 10 heteroatoms. The van der Waals surface area contributed by atoms with E-state index in [0.29, 0.717) is 29.6 Å². The summed E-state index contributed by atoms with van der Waals surface area (Å²) in [5.74, 6) is 1.15. The Hall–Kier alpha value is -4.05. The fraction of sp³-hybridized carbons (Fsp3) is 0.333. The summed E-state index contributed by atoms with van der Waals surface area (Å²) in [5, 5.41) is 17.2. The van der Waals surface area contributed by atoms with Crippen molar-refractivity contribution in [1.29, 1.82) is 0 Å². The zero-order valence-electron chi connectivity index (χ0n) is 21.3. The summed E-state index contributed by atoms with van der Waals surface area (Å²) in [5.41, 5.74) is 1.87. The molecule has 0 bridgehead atoms. The van der Waals surface area contributed by atoms with Gasteiger partial charge in [0.2, 0.25) is 5.91 Å².